The zero-order valence-electron chi connectivity index (χ0n) is 8.98. The molecule has 0 radical (unpaired) electrons. The van der Waals surface area contributed by atoms with Gasteiger partial charge in [0.25, 0.3) is 0 Å². The van der Waals surface area contributed by atoms with E-state index >= 15 is 0 Å². The van der Waals surface area contributed by atoms with Crippen molar-refractivity contribution in [3.8, 4) is 10.7 Å². The lowest BCUT2D eigenvalue weighted by atomic mass is 10.0. The van der Waals surface area contributed by atoms with Gasteiger partial charge >= 0.3 is 0 Å². The molecule has 0 amide bonds. The van der Waals surface area contributed by atoms with Crippen molar-refractivity contribution in [3.05, 3.63) is 22.3 Å². The van der Waals surface area contributed by atoms with Crippen LogP contribution in [0.15, 0.2) is 12.1 Å². The molecule has 2 aromatic heterocycles. The smallest absolute Gasteiger partial charge is 0.174 e. The molecule has 5 heteroatoms. The molecule has 1 aliphatic heterocycles. The van der Waals surface area contributed by atoms with Gasteiger partial charge in [-0.1, -0.05) is 18.5 Å². The van der Waals surface area contributed by atoms with Gasteiger partial charge in [-0.25, -0.2) is 0 Å². The first kappa shape index (κ1) is 10.3. The predicted octanol–water partition coefficient (Wildman–Crippen LogP) is 3.24. The number of rotatable bonds is 1. The Kier molecular flexibility index (Phi) is 2.48. The Hall–Kier alpha value is -0.870. The minimum atomic E-state index is 0.706. The first-order valence-electron chi connectivity index (χ1n) is 5.42. The van der Waals surface area contributed by atoms with Crippen LogP contribution in [0.3, 0.4) is 0 Å². The van der Waals surface area contributed by atoms with Crippen LogP contribution in [0.25, 0.3) is 10.7 Å². The van der Waals surface area contributed by atoms with Gasteiger partial charge in [0, 0.05) is 13.0 Å². The number of fused-ring (bicyclic) bond motifs is 1. The summed E-state index contributed by atoms with van der Waals surface area (Å²) in [5.74, 6) is 2.79. The number of hydrogen-bond acceptors (Lipinski definition) is 3. The number of halogens is 1. The Bertz CT molecular complexity index is 517. The fourth-order valence-corrected chi connectivity index (χ4v) is 3.14. The summed E-state index contributed by atoms with van der Waals surface area (Å²) < 4.78 is 3.03. The number of thiophene rings is 1. The fourth-order valence-electron chi connectivity index (χ4n) is 2.11. The molecule has 0 aromatic carbocycles. The van der Waals surface area contributed by atoms with Crippen LogP contribution in [0.4, 0.5) is 0 Å². The molecule has 1 unspecified atom stereocenters. The van der Waals surface area contributed by atoms with Gasteiger partial charge in [-0.05, 0) is 24.5 Å². The summed E-state index contributed by atoms with van der Waals surface area (Å²) in [5.41, 5.74) is 0. The molecule has 3 heterocycles. The highest BCUT2D eigenvalue weighted by molar-refractivity contribution is 7.19. The van der Waals surface area contributed by atoms with Gasteiger partial charge in [0.2, 0.25) is 0 Å². The van der Waals surface area contributed by atoms with Crippen LogP contribution in [0.2, 0.25) is 4.34 Å². The molecule has 3 rings (SSSR count). The molecule has 0 saturated carbocycles. The Morgan fingerprint density at radius 2 is 2.31 bits per heavy atom. The lowest BCUT2D eigenvalue weighted by Crippen LogP contribution is -2.18. The lowest BCUT2D eigenvalue weighted by Gasteiger charge is -2.20. The Balaban J connectivity index is 2.06. The van der Waals surface area contributed by atoms with Crippen molar-refractivity contribution in [2.45, 2.75) is 26.3 Å². The predicted molar refractivity (Wildman–Crippen MR) is 65.8 cm³/mol. The number of nitrogens with zero attached hydrogens (tertiary/aromatic N) is 3. The molecule has 0 N–H and O–H groups in total. The average Bonchev–Trinajstić information content (AvgIpc) is 2.83. The third kappa shape index (κ3) is 1.66. The van der Waals surface area contributed by atoms with Crippen molar-refractivity contribution in [1.29, 1.82) is 0 Å². The van der Waals surface area contributed by atoms with E-state index in [9.17, 15) is 0 Å². The van der Waals surface area contributed by atoms with Crippen molar-refractivity contribution in [2.75, 3.05) is 0 Å². The molecule has 0 spiro atoms. The van der Waals surface area contributed by atoms with E-state index < -0.39 is 0 Å². The van der Waals surface area contributed by atoms with E-state index in [0.29, 0.717) is 5.92 Å². The van der Waals surface area contributed by atoms with Gasteiger partial charge in [-0.2, -0.15) is 0 Å². The van der Waals surface area contributed by atoms with Crippen LogP contribution in [0.5, 0.6) is 0 Å². The molecule has 0 bridgehead atoms. The topological polar surface area (TPSA) is 30.7 Å². The largest absolute Gasteiger partial charge is 0.310 e. The maximum Gasteiger partial charge on any atom is 0.174 e. The summed E-state index contributed by atoms with van der Waals surface area (Å²) >= 11 is 7.51. The third-order valence-corrected chi connectivity index (χ3v) is 4.20. The molecule has 84 valence electrons. The summed E-state index contributed by atoms with van der Waals surface area (Å²) in [4.78, 5) is 1.11. The van der Waals surface area contributed by atoms with Crippen LogP contribution in [0.1, 0.15) is 19.2 Å². The van der Waals surface area contributed by atoms with Crippen LogP contribution in [0, 0.1) is 5.92 Å². The molecule has 0 saturated heterocycles. The van der Waals surface area contributed by atoms with E-state index in [1.807, 2.05) is 12.1 Å². The van der Waals surface area contributed by atoms with Gasteiger partial charge in [0.05, 0.1) is 9.21 Å². The van der Waals surface area contributed by atoms with E-state index in [1.54, 1.807) is 11.3 Å². The van der Waals surface area contributed by atoms with Crippen molar-refractivity contribution in [1.82, 2.24) is 14.8 Å². The highest BCUT2D eigenvalue weighted by atomic mass is 35.5. The lowest BCUT2D eigenvalue weighted by molar-refractivity contribution is 0.396. The second-order valence-corrected chi connectivity index (χ2v) is 6.01. The monoisotopic (exact) mass is 253 g/mol. The Morgan fingerprint density at radius 1 is 1.44 bits per heavy atom. The normalized spacial score (nSPS) is 19.8. The maximum atomic E-state index is 5.95. The molecule has 0 aliphatic carbocycles. The van der Waals surface area contributed by atoms with E-state index in [-0.39, 0.29) is 0 Å². The molecule has 1 aliphatic rings. The fraction of sp³-hybridized carbons (Fsp3) is 0.455. The second-order valence-electron chi connectivity index (χ2n) is 4.30. The van der Waals surface area contributed by atoms with E-state index in [4.69, 9.17) is 11.6 Å². The van der Waals surface area contributed by atoms with Gasteiger partial charge in [0.1, 0.15) is 5.82 Å². The summed E-state index contributed by atoms with van der Waals surface area (Å²) in [6.45, 7) is 3.29. The first-order chi connectivity index (χ1) is 7.74. The zero-order chi connectivity index (χ0) is 11.1. The van der Waals surface area contributed by atoms with E-state index in [2.05, 4.69) is 21.7 Å². The minimum absolute atomic E-state index is 0.706. The minimum Gasteiger partial charge on any atom is -0.310 e. The summed E-state index contributed by atoms with van der Waals surface area (Å²) in [7, 11) is 0. The van der Waals surface area contributed by atoms with Crippen molar-refractivity contribution in [3.63, 3.8) is 0 Å². The quantitative estimate of drug-likeness (QED) is 0.781. The highest BCUT2D eigenvalue weighted by Crippen LogP contribution is 2.32. The molecule has 3 nitrogen and oxygen atoms in total. The molecular formula is C11H12ClN3S. The SMILES string of the molecule is CC1CCc2nnc(-c3ccc(Cl)s3)n2C1. The van der Waals surface area contributed by atoms with Crippen LogP contribution in [-0.2, 0) is 13.0 Å². The van der Waals surface area contributed by atoms with Crippen LogP contribution in [-0.4, -0.2) is 14.8 Å². The first-order valence-corrected chi connectivity index (χ1v) is 6.61. The second kappa shape index (κ2) is 3.86. The molecule has 2 aromatic rings. The van der Waals surface area contributed by atoms with Crippen molar-refractivity contribution in [2.24, 2.45) is 5.92 Å². The standard InChI is InChI=1S/C11H12ClN3S/c1-7-2-5-10-13-14-11(15(10)6-7)8-3-4-9(12)16-8/h3-4,7H,2,5-6H2,1H3. The van der Waals surface area contributed by atoms with Gasteiger partial charge in [0.15, 0.2) is 5.82 Å². The Labute approximate surface area is 103 Å². The van der Waals surface area contributed by atoms with Crippen LogP contribution >= 0.6 is 22.9 Å². The molecular weight excluding hydrogens is 242 g/mol. The average molecular weight is 254 g/mol. The van der Waals surface area contributed by atoms with Crippen molar-refractivity contribution < 1.29 is 0 Å². The van der Waals surface area contributed by atoms with E-state index in [1.165, 1.54) is 6.42 Å². The summed E-state index contributed by atoms with van der Waals surface area (Å²) in [5, 5.41) is 8.53. The number of aromatic nitrogens is 3. The summed E-state index contributed by atoms with van der Waals surface area (Å²) in [6.07, 6.45) is 2.25. The van der Waals surface area contributed by atoms with E-state index in [0.717, 1.165) is 33.8 Å². The zero-order valence-corrected chi connectivity index (χ0v) is 10.6. The molecule has 0 fully saturated rings. The summed E-state index contributed by atoms with van der Waals surface area (Å²) in [6, 6.07) is 3.93. The van der Waals surface area contributed by atoms with Crippen molar-refractivity contribution >= 4 is 22.9 Å². The van der Waals surface area contributed by atoms with Gasteiger partial charge in [-0.3, -0.25) is 0 Å². The number of hydrogen-bond donors (Lipinski definition) is 0. The number of aryl methyl sites for hydroxylation is 1. The van der Waals surface area contributed by atoms with Gasteiger partial charge in [-0.15, -0.1) is 21.5 Å². The third-order valence-electron chi connectivity index (χ3n) is 2.98. The Morgan fingerprint density at radius 3 is 3.06 bits per heavy atom. The molecule has 16 heavy (non-hydrogen) atoms. The van der Waals surface area contributed by atoms with Gasteiger partial charge < -0.3 is 4.57 Å². The van der Waals surface area contributed by atoms with Crippen LogP contribution < -0.4 is 0 Å². The molecule has 1 atom stereocenters. The highest BCUT2D eigenvalue weighted by Gasteiger charge is 2.21. The maximum absolute atomic E-state index is 5.95.